The molecular weight excluding hydrogens is 202 g/mol. The van der Waals surface area contributed by atoms with Gasteiger partial charge in [0.1, 0.15) is 0 Å². The molecule has 0 fully saturated rings. The lowest BCUT2D eigenvalue weighted by Gasteiger charge is -2.03. The van der Waals surface area contributed by atoms with Gasteiger partial charge in [-0.05, 0) is 30.7 Å². The minimum atomic E-state index is -0.294. The summed E-state index contributed by atoms with van der Waals surface area (Å²) in [5.41, 5.74) is 2.52. The highest BCUT2D eigenvalue weighted by Gasteiger charge is 2.10. The van der Waals surface area contributed by atoms with Crippen LogP contribution >= 0.6 is 0 Å². The van der Waals surface area contributed by atoms with E-state index in [-0.39, 0.29) is 5.97 Å². The molecule has 1 aliphatic heterocycles. The van der Waals surface area contributed by atoms with Gasteiger partial charge in [-0.2, -0.15) is 0 Å². The number of rotatable bonds is 2. The Bertz CT molecular complexity index is 461. The predicted molar refractivity (Wildman–Crippen MR) is 63.8 cm³/mol. The second kappa shape index (κ2) is 4.66. The molecule has 0 radical (unpaired) electrons. The number of esters is 1. The summed E-state index contributed by atoms with van der Waals surface area (Å²) in [5.74, 6) is -0.294. The van der Waals surface area contributed by atoms with E-state index in [0.29, 0.717) is 12.2 Å². The van der Waals surface area contributed by atoms with Crippen molar-refractivity contribution in [1.29, 1.82) is 0 Å². The molecule has 1 aromatic carbocycles. The molecule has 1 heterocycles. The van der Waals surface area contributed by atoms with Gasteiger partial charge in [0.05, 0.1) is 12.2 Å². The van der Waals surface area contributed by atoms with Gasteiger partial charge >= 0.3 is 5.97 Å². The second-order valence-corrected chi connectivity index (χ2v) is 3.39. The Hall–Kier alpha value is -2.03. The van der Waals surface area contributed by atoms with Crippen molar-refractivity contribution in [3.8, 4) is 0 Å². The number of hydrogen-bond acceptors (Lipinski definition) is 3. The van der Waals surface area contributed by atoms with Crippen molar-refractivity contribution >= 4 is 17.7 Å². The molecule has 0 amide bonds. The molecule has 0 saturated carbocycles. The van der Waals surface area contributed by atoms with Crippen LogP contribution in [0.1, 0.15) is 12.5 Å². The van der Waals surface area contributed by atoms with Crippen LogP contribution in [0.2, 0.25) is 0 Å². The molecule has 82 valence electrons. The molecule has 16 heavy (non-hydrogen) atoms. The lowest BCUT2D eigenvalue weighted by molar-refractivity contribution is -0.138. The van der Waals surface area contributed by atoms with Gasteiger partial charge in [0, 0.05) is 11.9 Å². The van der Waals surface area contributed by atoms with Crippen LogP contribution in [-0.4, -0.2) is 12.6 Å². The number of fused-ring (bicyclic) bond motifs is 1. The smallest absolute Gasteiger partial charge is 0.338 e. The van der Waals surface area contributed by atoms with Crippen LogP contribution < -0.4 is 5.32 Å². The minimum absolute atomic E-state index is 0.294. The maximum Gasteiger partial charge on any atom is 0.338 e. The SMILES string of the molecule is CCOC(=O)C1=Cc2ccccc2NC=C1. The van der Waals surface area contributed by atoms with Crippen molar-refractivity contribution in [2.75, 3.05) is 11.9 Å². The Labute approximate surface area is 94.4 Å². The van der Waals surface area contributed by atoms with E-state index in [1.54, 1.807) is 19.2 Å². The van der Waals surface area contributed by atoms with Crippen molar-refractivity contribution in [3.05, 3.63) is 47.7 Å². The van der Waals surface area contributed by atoms with E-state index in [9.17, 15) is 4.79 Å². The first-order chi connectivity index (χ1) is 7.81. The minimum Gasteiger partial charge on any atom is -0.462 e. The number of anilines is 1. The van der Waals surface area contributed by atoms with Gasteiger partial charge in [0.25, 0.3) is 0 Å². The molecule has 0 unspecified atom stereocenters. The zero-order valence-corrected chi connectivity index (χ0v) is 9.07. The van der Waals surface area contributed by atoms with E-state index in [4.69, 9.17) is 4.74 Å². The van der Waals surface area contributed by atoms with Crippen molar-refractivity contribution < 1.29 is 9.53 Å². The molecule has 1 aromatic rings. The van der Waals surface area contributed by atoms with Crippen LogP contribution in [0.15, 0.2) is 42.1 Å². The Morgan fingerprint density at radius 3 is 3.00 bits per heavy atom. The summed E-state index contributed by atoms with van der Waals surface area (Å²) >= 11 is 0. The summed E-state index contributed by atoms with van der Waals surface area (Å²) in [6.07, 6.45) is 5.29. The fourth-order valence-electron chi connectivity index (χ4n) is 1.53. The number of para-hydroxylation sites is 1. The number of ether oxygens (including phenoxy) is 1. The van der Waals surface area contributed by atoms with Crippen LogP contribution in [0.4, 0.5) is 5.69 Å². The number of carbonyl (C=O) groups is 1. The quantitative estimate of drug-likeness (QED) is 0.770. The van der Waals surface area contributed by atoms with Crippen LogP contribution in [0.5, 0.6) is 0 Å². The zero-order valence-electron chi connectivity index (χ0n) is 9.07. The molecule has 3 heteroatoms. The summed E-state index contributed by atoms with van der Waals surface area (Å²) < 4.78 is 4.97. The average Bonchev–Trinajstić information content (AvgIpc) is 2.51. The molecule has 0 atom stereocenters. The molecule has 0 bridgehead atoms. The zero-order chi connectivity index (χ0) is 11.4. The molecule has 3 nitrogen and oxygen atoms in total. The highest BCUT2D eigenvalue weighted by atomic mass is 16.5. The largest absolute Gasteiger partial charge is 0.462 e. The molecule has 1 aliphatic rings. The average molecular weight is 215 g/mol. The van der Waals surface area contributed by atoms with Gasteiger partial charge < -0.3 is 10.1 Å². The van der Waals surface area contributed by atoms with Gasteiger partial charge in [-0.1, -0.05) is 18.2 Å². The topological polar surface area (TPSA) is 38.3 Å². The van der Waals surface area contributed by atoms with Gasteiger partial charge in [-0.15, -0.1) is 0 Å². The maximum absolute atomic E-state index is 11.6. The Kier molecular flexibility index (Phi) is 3.05. The Morgan fingerprint density at radius 1 is 1.38 bits per heavy atom. The van der Waals surface area contributed by atoms with Gasteiger partial charge in [0.2, 0.25) is 0 Å². The normalized spacial score (nSPS) is 13.2. The molecule has 0 saturated heterocycles. The predicted octanol–water partition coefficient (Wildman–Crippen LogP) is 2.57. The third-order valence-corrected chi connectivity index (χ3v) is 2.28. The van der Waals surface area contributed by atoms with Crippen molar-refractivity contribution in [3.63, 3.8) is 0 Å². The third-order valence-electron chi connectivity index (χ3n) is 2.28. The lowest BCUT2D eigenvalue weighted by Crippen LogP contribution is -2.05. The summed E-state index contributed by atoms with van der Waals surface area (Å²) in [4.78, 5) is 11.6. The molecule has 2 rings (SSSR count). The summed E-state index contributed by atoms with van der Waals surface area (Å²) in [5, 5.41) is 3.11. The van der Waals surface area contributed by atoms with E-state index in [1.165, 1.54) is 0 Å². The molecule has 0 aliphatic carbocycles. The third kappa shape index (κ3) is 2.14. The first-order valence-corrected chi connectivity index (χ1v) is 5.22. The lowest BCUT2D eigenvalue weighted by atomic mass is 10.1. The second-order valence-electron chi connectivity index (χ2n) is 3.39. The molecular formula is C13H13NO2. The van der Waals surface area contributed by atoms with Crippen molar-refractivity contribution in [2.45, 2.75) is 6.92 Å². The maximum atomic E-state index is 11.6. The molecule has 1 N–H and O–H groups in total. The van der Waals surface area contributed by atoms with Crippen LogP contribution in [-0.2, 0) is 9.53 Å². The number of carbonyl (C=O) groups excluding carboxylic acids is 1. The van der Waals surface area contributed by atoms with Crippen LogP contribution in [0.25, 0.3) is 6.08 Å². The van der Waals surface area contributed by atoms with E-state index >= 15 is 0 Å². The van der Waals surface area contributed by atoms with E-state index < -0.39 is 0 Å². The Balaban J connectivity index is 2.35. The Morgan fingerprint density at radius 2 is 2.19 bits per heavy atom. The standard InChI is InChI=1S/C13H13NO2/c1-2-16-13(15)11-7-8-14-12-6-4-3-5-10(12)9-11/h3-9,14H,2H2,1H3. The summed E-state index contributed by atoms with van der Waals surface area (Å²) in [7, 11) is 0. The summed E-state index contributed by atoms with van der Waals surface area (Å²) in [6.45, 7) is 2.18. The fourth-order valence-corrected chi connectivity index (χ4v) is 1.53. The first kappa shape index (κ1) is 10.5. The van der Waals surface area contributed by atoms with Gasteiger partial charge in [-0.3, -0.25) is 0 Å². The van der Waals surface area contributed by atoms with Crippen LogP contribution in [0.3, 0.4) is 0 Å². The van der Waals surface area contributed by atoms with Crippen LogP contribution in [0, 0.1) is 0 Å². The molecule has 0 aromatic heterocycles. The summed E-state index contributed by atoms with van der Waals surface area (Å²) in [6, 6.07) is 7.80. The highest BCUT2D eigenvalue weighted by molar-refractivity contribution is 5.98. The van der Waals surface area contributed by atoms with E-state index in [1.807, 2.05) is 30.3 Å². The van der Waals surface area contributed by atoms with Gasteiger partial charge in [0.15, 0.2) is 0 Å². The van der Waals surface area contributed by atoms with E-state index in [0.717, 1.165) is 11.3 Å². The van der Waals surface area contributed by atoms with E-state index in [2.05, 4.69) is 5.32 Å². The molecule has 0 spiro atoms. The highest BCUT2D eigenvalue weighted by Crippen LogP contribution is 2.22. The number of benzene rings is 1. The van der Waals surface area contributed by atoms with Crippen molar-refractivity contribution in [2.24, 2.45) is 0 Å². The van der Waals surface area contributed by atoms with Crippen molar-refractivity contribution in [1.82, 2.24) is 0 Å². The first-order valence-electron chi connectivity index (χ1n) is 5.22. The van der Waals surface area contributed by atoms with Gasteiger partial charge in [-0.25, -0.2) is 4.79 Å². The number of nitrogens with one attached hydrogen (secondary N) is 1. The number of hydrogen-bond donors (Lipinski definition) is 1. The monoisotopic (exact) mass is 215 g/mol. The fraction of sp³-hybridized carbons (Fsp3) is 0.154.